The van der Waals surface area contributed by atoms with E-state index in [4.69, 9.17) is 10.5 Å². The first-order chi connectivity index (χ1) is 9.49. The van der Waals surface area contributed by atoms with Crippen molar-refractivity contribution in [2.75, 3.05) is 24.4 Å². The summed E-state index contributed by atoms with van der Waals surface area (Å²) in [5.74, 6) is 0.0292. The Kier molecular flexibility index (Phi) is 6.54. The zero-order chi connectivity index (χ0) is 15.1. The molecule has 5 nitrogen and oxygen atoms in total. The molecule has 1 atom stereocenters. The van der Waals surface area contributed by atoms with Crippen molar-refractivity contribution in [1.82, 2.24) is 0 Å². The molecule has 3 N–H and O–H groups in total. The number of anilines is 1. The van der Waals surface area contributed by atoms with Gasteiger partial charge in [0.15, 0.2) is 0 Å². The van der Waals surface area contributed by atoms with E-state index in [1.54, 1.807) is 23.9 Å². The molecule has 0 spiro atoms. The van der Waals surface area contributed by atoms with Crippen LogP contribution in [-0.2, 0) is 9.53 Å². The van der Waals surface area contributed by atoms with Crippen LogP contribution in [0.5, 0.6) is 0 Å². The Balaban J connectivity index is 2.86. The van der Waals surface area contributed by atoms with Crippen molar-refractivity contribution in [3.05, 3.63) is 29.3 Å². The molecule has 0 saturated carbocycles. The van der Waals surface area contributed by atoms with Crippen LogP contribution in [0.1, 0.15) is 22.3 Å². The summed E-state index contributed by atoms with van der Waals surface area (Å²) in [6.45, 7) is 1.86. The zero-order valence-corrected chi connectivity index (χ0v) is 12.8. The molecule has 0 saturated heterocycles. The third-order valence-electron chi connectivity index (χ3n) is 2.81. The second-order valence-corrected chi connectivity index (χ2v) is 5.40. The normalized spacial score (nSPS) is 11.8. The number of methoxy groups -OCH3 is 1. The fourth-order valence-electron chi connectivity index (χ4n) is 1.65. The maximum absolute atomic E-state index is 12.0. The summed E-state index contributed by atoms with van der Waals surface area (Å²) >= 11 is 1.63. The standard InChI is InChI=1S/C14H20N2O3S/c1-9-4-5-12(10(8-9)14(18)19-2)16-13(17)11(15)6-7-20-3/h4-5,8,11H,6-7,15H2,1-3H3,(H,16,17)/t11-/m1/s1. The molecule has 110 valence electrons. The van der Waals surface area contributed by atoms with Gasteiger partial charge >= 0.3 is 5.97 Å². The number of amides is 1. The first-order valence-electron chi connectivity index (χ1n) is 6.24. The van der Waals surface area contributed by atoms with Crippen LogP contribution in [0.4, 0.5) is 5.69 Å². The highest BCUT2D eigenvalue weighted by atomic mass is 32.2. The van der Waals surface area contributed by atoms with Crippen molar-refractivity contribution in [3.8, 4) is 0 Å². The maximum Gasteiger partial charge on any atom is 0.339 e. The second-order valence-electron chi connectivity index (χ2n) is 4.42. The molecular formula is C14H20N2O3S. The highest BCUT2D eigenvalue weighted by Crippen LogP contribution is 2.19. The van der Waals surface area contributed by atoms with Crippen LogP contribution < -0.4 is 11.1 Å². The van der Waals surface area contributed by atoms with E-state index in [0.29, 0.717) is 17.7 Å². The number of thioether (sulfide) groups is 1. The lowest BCUT2D eigenvalue weighted by atomic mass is 10.1. The van der Waals surface area contributed by atoms with Crippen LogP contribution in [0.25, 0.3) is 0 Å². The molecule has 0 unspecified atom stereocenters. The number of carbonyl (C=O) groups is 2. The molecule has 0 fully saturated rings. The van der Waals surface area contributed by atoms with Gasteiger partial charge < -0.3 is 15.8 Å². The molecule has 0 bridgehead atoms. The molecule has 1 aromatic carbocycles. The molecule has 0 aliphatic carbocycles. The van der Waals surface area contributed by atoms with Crippen LogP contribution in [0, 0.1) is 6.92 Å². The lowest BCUT2D eigenvalue weighted by Gasteiger charge is -2.14. The molecule has 6 heteroatoms. The third kappa shape index (κ3) is 4.54. The summed E-state index contributed by atoms with van der Waals surface area (Å²) < 4.78 is 4.71. The number of aryl methyl sites for hydroxylation is 1. The molecule has 1 amide bonds. The summed E-state index contributed by atoms with van der Waals surface area (Å²) in [5, 5.41) is 2.69. The van der Waals surface area contributed by atoms with E-state index in [2.05, 4.69) is 5.32 Å². The van der Waals surface area contributed by atoms with Gasteiger partial charge in [0.25, 0.3) is 0 Å². The third-order valence-corrected chi connectivity index (χ3v) is 3.45. The van der Waals surface area contributed by atoms with Gasteiger partial charge in [0.2, 0.25) is 5.91 Å². The summed E-state index contributed by atoms with van der Waals surface area (Å²) in [5.41, 5.74) is 7.46. The number of nitrogens with one attached hydrogen (secondary N) is 1. The average Bonchev–Trinajstić information content (AvgIpc) is 2.45. The van der Waals surface area contributed by atoms with E-state index in [-0.39, 0.29) is 5.91 Å². The Labute approximate surface area is 123 Å². The molecule has 0 radical (unpaired) electrons. The van der Waals surface area contributed by atoms with Gasteiger partial charge in [0.05, 0.1) is 24.4 Å². The summed E-state index contributed by atoms with van der Waals surface area (Å²) in [6.07, 6.45) is 2.55. The van der Waals surface area contributed by atoms with Gasteiger partial charge in [0.1, 0.15) is 0 Å². The van der Waals surface area contributed by atoms with Crippen molar-refractivity contribution < 1.29 is 14.3 Å². The average molecular weight is 296 g/mol. The van der Waals surface area contributed by atoms with E-state index in [9.17, 15) is 9.59 Å². The Morgan fingerprint density at radius 3 is 2.75 bits per heavy atom. The summed E-state index contributed by atoms with van der Waals surface area (Å²) in [4.78, 5) is 23.7. The predicted octanol–water partition coefficient (Wildman–Crippen LogP) is 1.80. The number of benzene rings is 1. The summed E-state index contributed by atoms with van der Waals surface area (Å²) in [7, 11) is 1.31. The van der Waals surface area contributed by atoms with Gasteiger partial charge in [-0.25, -0.2) is 4.79 Å². The first-order valence-corrected chi connectivity index (χ1v) is 7.63. The second kappa shape index (κ2) is 7.91. The number of hydrogen-bond acceptors (Lipinski definition) is 5. The van der Waals surface area contributed by atoms with E-state index >= 15 is 0 Å². The number of hydrogen-bond donors (Lipinski definition) is 2. The highest BCUT2D eigenvalue weighted by molar-refractivity contribution is 7.98. The minimum absolute atomic E-state index is 0.298. The quantitative estimate of drug-likeness (QED) is 0.782. The SMILES string of the molecule is COC(=O)c1cc(C)ccc1NC(=O)[C@H](N)CCSC. The smallest absolute Gasteiger partial charge is 0.339 e. The number of ether oxygens (including phenoxy) is 1. The summed E-state index contributed by atoms with van der Waals surface area (Å²) in [6, 6.07) is 4.58. The lowest BCUT2D eigenvalue weighted by molar-refractivity contribution is -0.117. The number of carbonyl (C=O) groups excluding carboxylic acids is 2. The van der Waals surface area contributed by atoms with Crippen molar-refractivity contribution in [1.29, 1.82) is 0 Å². The molecular weight excluding hydrogens is 276 g/mol. The van der Waals surface area contributed by atoms with Gasteiger partial charge in [-0.05, 0) is 37.5 Å². The van der Waals surface area contributed by atoms with E-state index in [0.717, 1.165) is 11.3 Å². The zero-order valence-electron chi connectivity index (χ0n) is 11.9. The minimum Gasteiger partial charge on any atom is -0.465 e. The van der Waals surface area contributed by atoms with Crippen molar-refractivity contribution in [3.63, 3.8) is 0 Å². The van der Waals surface area contributed by atoms with Crippen LogP contribution in [-0.4, -0.2) is 37.0 Å². The van der Waals surface area contributed by atoms with Gasteiger partial charge in [-0.2, -0.15) is 11.8 Å². The Hall–Kier alpha value is -1.53. The van der Waals surface area contributed by atoms with Gasteiger partial charge in [-0.3, -0.25) is 4.79 Å². The van der Waals surface area contributed by atoms with Crippen LogP contribution in [0.3, 0.4) is 0 Å². The fourth-order valence-corrected chi connectivity index (χ4v) is 2.14. The topological polar surface area (TPSA) is 81.4 Å². The highest BCUT2D eigenvalue weighted by Gasteiger charge is 2.17. The van der Waals surface area contributed by atoms with E-state index in [1.165, 1.54) is 7.11 Å². The number of rotatable bonds is 6. The largest absolute Gasteiger partial charge is 0.465 e. The van der Waals surface area contributed by atoms with E-state index < -0.39 is 12.0 Å². The fraction of sp³-hybridized carbons (Fsp3) is 0.429. The maximum atomic E-state index is 12.0. The Bertz CT molecular complexity index is 491. The first kappa shape index (κ1) is 16.5. The monoisotopic (exact) mass is 296 g/mol. The van der Waals surface area contributed by atoms with Crippen LogP contribution >= 0.6 is 11.8 Å². The molecule has 0 aromatic heterocycles. The number of esters is 1. The molecule has 20 heavy (non-hydrogen) atoms. The Morgan fingerprint density at radius 1 is 1.45 bits per heavy atom. The number of nitrogens with two attached hydrogens (primary N) is 1. The van der Waals surface area contributed by atoms with E-state index in [1.807, 2.05) is 19.2 Å². The minimum atomic E-state index is -0.589. The Morgan fingerprint density at radius 2 is 2.15 bits per heavy atom. The molecule has 1 aromatic rings. The van der Waals surface area contributed by atoms with Crippen LogP contribution in [0.2, 0.25) is 0 Å². The molecule has 0 aliphatic rings. The predicted molar refractivity (Wildman–Crippen MR) is 82.1 cm³/mol. The van der Waals surface area contributed by atoms with Crippen molar-refractivity contribution in [2.24, 2.45) is 5.73 Å². The molecule has 1 rings (SSSR count). The molecule has 0 aliphatic heterocycles. The van der Waals surface area contributed by atoms with Crippen molar-refractivity contribution in [2.45, 2.75) is 19.4 Å². The van der Waals surface area contributed by atoms with Crippen LogP contribution in [0.15, 0.2) is 18.2 Å². The molecule has 0 heterocycles. The van der Waals surface area contributed by atoms with Gasteiger partial charge in [-0.15, -0.1) is 0 Å². The lowest BCUT2D eigenvalue weighted by Crippen LogP contribution is -2.36. The van der Waals surface area contributed by atoms with Gasteiger partial charge in [0, 0.05) is 0 Å². The van der Waals surface area contributed by atoms with Gasteiger partial charge in [-0.1, -0.05) is 11.6 Å². The van der Waals surface area contributed by atoms with Crippen molar-refractivity contribution >= 4 is 29.3 Å².